The maximum atomic E-state index is 8.86. The van der Waals surface area contributed by atoms with Crippen molar-refractivity contribution in [2.24, 2.45) is 0 Å². The molecule has 0 amide bonds. The SMILES string of the molecule is CC(C#N)c1ncoc1Sc1ccccc1. The van der Waals surface area contributed by atoms with E-state index in [0.29, 0.717) is 10.8 Å². The van der Waals surface area contributed by atoms with Gasteiger partial charge in [-0.2, -0.15) is 5.26 Å². The van der Waals surface area contributed by atoms with Crippen molar-refractivity contribution < 1.29 is 4.42 Å². The van der Waals surface area contributed by atoms with Crippen LogP contribution < -0.4 is 0 Å². The van der Waals surface area contributed by atoms with Crippen LogP contribution in [0.2, 0.25) is 0 Å². The Kier molecular flexibility index (Phi) is 3.28. The van der Waals surface area contributed by atoms with Crippen molar-refractivity contribution in [3.63, 3.8) is 0 Å². The lowest BCUT2D eigenvalue weighted by Gasteiger charge is -2.01. The van der Waals surface area contributed by atoms with Crippen molar-refractivity contribution in [3.8, 4) is 6.07 Å². The summed E-state index contributed by atoms with van der Waals surface area (Å²) in [6.07, 6.45) is 1.38. The molecule has 0 N–H and O–H groups in total. The molecule has 0 saturated carbocycles. The van der Waals surface area contributed by atoms with Crippen LogP contribution in [0.25, 0.3) is 0 Å². The maximum Gasteiger partial charge on any atom is 0.189 e. The van der Waals surface area contributed by atoms with Crippen LogP contribution in [0, 0.1) is 11.3 Å². The fraction of sp³-hybridized carbons (Fsp3) is 0.167. The van der Waals surface area contributed by atoms with Gasteiger partial charge in [0.05, 0.1) is 12.0 Å². The van der Waals surface area contributed by atoms with Crippen molar-refractivity contribution >= 4 is 11.8 Å². The summed E-state index contributed by atoms with van der Waals surface area (Å²) < 4.78 is 5.29. The minimum Gasteiger partial charge on any atom is -0.437 e. The van der Waals surface area contributed by atoms with E-state index >= 15 is 0 Å². The molecule has 0 fully saturated rings. The molecule has 1 unspecified atom stereocenters. The van der Waals surface area contributed by atoms with E-state index in [4.69, 9.17) is 9.68 Å². The van der Waals surface area contributed by atoms with Crippen molar-refractivity contribution in [2.45, 2.75) is 22.8 Å². The topological polar surface area (TPSA) is 49.8 Å². The van der Waals surface area contributed by atoms with Gasteiger partial charge in [-0.15, -0.1) is 0 Å². The minimum absolute atomic E-state index is 0.245. The highest BCUT2D eigenvalue weighted by molar-refractivity contribution is 7.99. The summed E-state index contributed by atoms with van der Waals surface area (Å²) in [5.74, 6) is -0.245. The Labute approximate surface area is 98.1 Å². The molecular formula is C12H10N2OS. The van der Waals surface area contributed by atoms with Crippen molar-refractivity contribution in [1.29, 1.82) is 5.26 Å². The van der Waals surface area contributed by atoms with Crippen LogP contribution in [-0.2, 0) is 0 Å². The Morgan fingerprint density at radius 1 is 1.38 bits per heavy atom. The Morgan fingerprint density at radius 3 is 2.81 bits per heavy atom. The van der Waals surface area contributed by atoms with Crippen LogP contribution in [0.4, 0.5) is 0 Å². The summed E-state index contributed by atoms with van der Waals surface area (Å²) in [6, 6.07) is 12.0. The molecule has 0 bridgehead atoms. The van der Waals surface area contributed by atoms with Crippen LogP contribution in [0.15, 0.2) is 51.1 Å². The summed E-state index contributed by atoms with van der Waals surface area (Å²) in [5, 5.41) is 9.55. The quantitative estimate of drug-likeness (QED) is 0.810. The van der Waals surface area contributed by atoms with Crippen molar-refractivity contribution in [3.05, 3.63) is 42.4 Å². The first-order valence-corrected chi connectivity index (χ1v) is 5.69. The van der Waals surface area contributed by atoms with Crippen molar-refractivity contribution in [2.75, 3.05) is 0 Å². The zero-order chi connectivity index (χ0) is 11.4. The predicted octanol–water partition coefficient (Wildman–Crippen LogP) is 3.45. The zero-order valence-corrected chi connectivity index (χ0v) is 9.57. The number of benzene rings is 1. The molecule has 3 nitrogen and oxygen atoms in total. The summed E-state index contributed by atoms with van der Waals surface area (Å²) >= 11 is 1.48. The highest BCUT2D eigenvalue weighted by atomic mass is 32.2. The fourth-order valence-corrected chi connectivity index (χ4v) is 2.20. The van der Waals surface area contributed by atoms with E-state index in [1.54, 1.807) is 0 Å². The van der Waals surface area contributed by atoms with Gasteiger partial charge in [-0.3, -0.25) is 0 Å². The molecule has 1 heterocycles. The lowest BCUT2D eigenvalue weighted by Crippen LogP contribution is -1.91. The smallest absolute Gasteiger partial charge is 0.189 e. The molecule has 4 heteroatoms. The van der Waals surface area contributed by atoms with Crippen molar-refractivity contribution in [1.82, 2.24) is 4.98 Å². The van der Waals surface area contributed by atoms with Crippen LogP contribution in [0.5, 0.6) is 0 Å². The standard InChI is InChI=1S/C12H10N2OS/c1-9(7-13)11-12(15-8-14-11)16-10-5-3-2-4-6-10/h2-6,8-9H,1H3. The van der Waals surface area contributed by atoms with E-state index in [1.807, 2.05) is 37.3 Å². The molecule has 16 heavy (non-hydrogen) atoms. The highest BCUT2D eigenvalue weighted by Crippen LogP contribution is 2.32. The fourth-order valence-electron chi connectivity index (χ4n) is 1.27. The second-order valence-electron chi connectivity index (χ2n) is 3.29. The average molecular weight is 230 g/mol. The Balaban J connectivity index is 2.23. The van der Waals surface area contributed by atoms with Crippen LogP contribution in [-0.4, -0.2) is 4.98 Å². The zero-order valence-electron chi connectivity index (χ0n) is 8.75. The molecule has 0 aliphatic heterocycles. The predicted molar refractivity (Wildman–Crippen MR) is 61.1 cm³/mol. The number of hydrogen-bond acceptors (Lipinski definition) is 4. The lowest BCUT2D eigenvalue weighted by molar-refractivity contribution is 0.464. The van der Waals surface area contributed by atoms with Gasteiger partial charge in [0.1, 0.15) is 5.69 Å². The molecule has 80 valence electrons. The monoisotopic (exact) mass is 230 g/mol. The third-order valence-electron chi connectivity index (χ3n) is 2.12. The summed E-state index contributed by atoms with van der Waals surface area (Å²) in [7, 11) is 0. The summed E-state index contributed by atoms with van der Waals surface area (Å²) in [6.45, 7) is 1.81. The Hall–Kier alpha value is -1.73. The first-order chi connectivity index (χ1) is 7.81. The maximum absolute atomic E-state index is 8.86. The van der Waals surface area contributed by atoms with Crippen LogP contribution in [0.3, 0.4) is 0 Å². The van der Waals surface area contributed by atoms with E-state index in [2.05, 4.69) is 11.1 Å². The Bertz CT molecular complexity index is 501. The number of hydrogen-bond donors (Lipinski definition) is 0. The molecule has 1 aromatic heterocycles. The number of oxazole rings is 1. The molecule has 1 aromatic carbocycles. The Morgan fingerprint density at radius 2 is 2.12 bits per heavy atom. The largest absolute Gasteiger partial charge is 0.437 e. The highest BCUT2D eigenvalue weighted by Gasteiger charge is 2.15. The molecule has 1 atom stereocenters. The number of aromatic nitrogens is 1. The van der Waals surface area contributed by atoms with Gasteiger partial charge in [0.15, 0.2) is 11.5 Å². The molecule has 2 aromatic rings. The molecular weight excluding hydrogens is 220 g/mol. The molecule has 0 saturated heterocycles. The average Bonchev–Trinajstić information content (AvgIpc) is 2.77. The third kappa shape index (κ3) is 2.26. The van der Waals surface area contributed by atoms with Gasteiger partial charge in [0, 0.05) is 4.90 Å². The lowest BCUT2D eigenvalue weighted by atomic mass is 10.1. The van der Waals surface area contributed by atoms with E-state index in [1.165, 1.54) is 18.2 Å². The number of nitrogens with zero attached hydrogens (tertiary/aromatic N) is 2. The number of nitriles is 1. The molecule has 0 aliphatic carbocycles. The van der Waals surface area contributed by atoms with E-state index in [-0.39, 0.29) is 5.92 Å². The van der Waals surface area contributed by atoms with E-state index < -0.39 is 0 Å². The van der Waals surface area contributed by atoms with Gasteiger partial charge in [-0.25, -0.2) is 4.98 Å². The normalized spacial score (nSPS) is 12.0. The van der Waals surface area contributed by atoms with Gasteiger partial charge in [-0.1, -0.05) is 30.0 Å². The summed E-state index contributed by atoms with van der Waals surface area (Å²) in [4.78, 5) is 5.15. The minimum atomic E-state index is -0.245. The first-order valence-electron chi connectivity index (χ1n) is 4.87. The molecule has 0 aliphatic rings. The van der Waals surface area contributed by atoms with Gasteiger partial charge >= 0.3 is 0 Å². The van der Waals surface area contributed by atoms with Gasteiger partial charge < -0.3 is 4.42 Å². The van der Waals surface area contributed by atoms with Gasteiger partial charge in [-0.05, 0) is 19.1 Å². The van der Waals surface area contributed by atoms with E-state index in [9.17, 15) is 0 Å². The van der Waals surface area contributed by atoms with Gasteiger partial charge in [0.2, 0.25) is 0 Å². The second-order valence-corrected chi connectivity index (χ2v) is 4.34. The van der Waals surface area contributed by atoms with E-state index in [0.717, 1.165) is 4.90 Å². The number of rotatable bonds is 3. The molecule has 0 radical (unpaired) electrons. The molecule has 0 spiro atoms. The second kappa shape index (κ2) is 4.86. The van der Waals surface area contributed by atoms with Gasteiger partial charge in [0.25, 0.3) is 0 Å². The molecule has 2 rings (SSSR count). The van der Waals surface area contributed by atoms with Crippen LogP contribution in [0.1, 0.15) is 18.5 Å². The first kappa shape index (κ1) is 10.8. The third-order valence-corrected chi connectivity index (χ3v) is 3.12. The van der Waals surface area contributed by atoms with Crippen LogP contribution >= 0.6 is 11.8 Å². The summed E-state index contributed by atoms with van der Waals surface area (Å²) in [5.41, 5.74) is 0.705.